The van der Waals surface area contributed by atoms with Crippen LogP contribution in [0.5, 0.6) is 11.5 Å². The van der Waals surface area contributed by atoms with Crippen molar-refractivity contribution >= 4 is 15.9 Å². The molecule has 1 aromatic carbocycles. The number of hydrogen-bond donors (Lipinski definition) is 1. The summed E-state index contributed by atoms with van der Waals surface area (Å²) in [4.78, 5) is 2.63. The number of nitrogens with zero attached hydrogens (tertiary/aromatic N) is 1. The molecule has 3 nitrogen and oxygen atoms in total. The van der Waals surface area contributed by atoms with Crippen molar-refractivity contribution in [1.29, 1.82) is 0 Å². The fourth-order valence-electron chi connectivity index (χ4n) is 4.03. The summed E-state index contributed by atoms with van der Waals surface area (Å²) in [5.41, 5.74) is 1.21. The highest BCUT2D eigenvalue weighted by Gasteiger charge is 2.33. The quantitative estimate of drug-likeness (QED) is 0.874. The van der Waals surface area contributed by atoms with Gasteiger partial charge < -0.3 is 9.84 Å². The number of aromatic hydroxyl groups is 1. The Balaban J connectivity index is 1.74. The highest BCUT2D eigenvalue weighted by Crippen LogP contribution is 2.38. The molecule has 1 N–H and O–H groups in total. The van der Waals surface area contributed by atoms with Crippen LogP contribution in [-0.4, -0.2) is 29.7 Å². The zero-order chi connectivity index (χ0) is 14.8. The highest BCUT2D eigenvalue weighted by molar-refractivity contribution is 9.10. The van der Waals surface area contributed by atoms with E-state index in [0.717, 1.165) is 18.5 Å². The first kappa shape index (κ1) is 15.2. The molecule has 0 spiro atoms. The fraction of sp³-hybridized carbons (Fsp3) is 0.647. The first-order chi connectivity index (χ1) is 10.2. The van der Waals surface area contributed by atoms with E-state index in [1.807, 2.05) is 12.1 Å². The van der Waals surface area contributed by atoms with Crippen molar-refractivity contribution in [2.45, 2.75) is 51.1 Å². The van der Waals surface area contributed by atoms with Gasteiger partial charge in [-0.15, -0.1) is 0 Å². The van der Waals surface area contributed by atoms with Crippen molar-refractivity contribution in [3.8, 4) is 11.5 Å². The number of hydrogen-bond acceptors (Lipinski definition) is 3. The minimum absolute atomic E-state index is 0.190. The fourth-order valence-corrected chi connectivity index (χ4v) is 4.52. The molecule has 1 atom stereocenters. The number of benzene rings is 1. The largest absolute Gasteiger partial charge is 0.503 e. The van der Waals surface area contributed by atoms with Crippen molar-refractivity contribution in [3.63, 3.8) is 0 Å². The molecule has 1 aliphatic heterocycles. The zero-order valence-electron chi connectivity index (χ0n) is 12.6. The SMILES string of the molecule is COc1cc(CN2CCCC2C2CCCC2)cc(Br)c1O. The number of rotatable bonds is 4. The molecule has 1 unspecified atom stereocenters. The minimum Gasteiger partial charge on any atom is -0.503 e. The molecule has 4 heteroatoms. The van der Waals surface area contributed by atoms with E-state index in [4.69, 9.17) is 4.74 Å². The Bertz CT molecular complexity index is 500. The minimum atomic E-state index is 0.190. The second-order valence-corrected chi connectivity index (χ2v) is 7.21. The molecule has 21 heavy (non-hydrogen) atoms. The third-order valence-corrected chi connectivity index (χ3v) is 5.66. The Labute approximate surface area is 135 Å². The number of ether oxygens (including phenoxy) is 1. The Morgan fingerprint density at radius 1 is 1.24 bits per heavy atom. The van der Waals surface area contributed by atoms with Gasteiger partial charge in [-0.2, -0.15) is 0 Å². The van der Waals surface area contributed by atoms with Gasteiger partial charge >= 0.3 is 0 Å². The zero-order valence-corrected chi connectivity index (χ0v) is 14.2. The van der Waals surface area contributed by atoms with Gasteiger partial charge in [-0.05, 0) is 71.8 Å². The molecule has 0 bridgehead atoms. The molecule has 1 heterocycles. The molecule has 1 aromatic rings. The van der Waals surface area contributed by atoms with Crippen LogP contribution >= 0.6 is 15.9 Å². The Kier molecular flexibility index (Phi) is 4.75. The number of halogens is 1. The number of phenols is 1. The first-order valence-corrected chi connectivity index (χ1v) is 8.77. The van der Waals surface area contributed by atoms with Crippen LogP contribution in [0.3, 0.4) is 0 Å². The van der Waals surface area contributed by atoms with E-state index in [1.165, 1.54) is 50.6 Å². The summed E-state index contributed by atoms with van der Waals surface area (Å²) in [5.74, 6) is 1.64. The summed E-state index contributed by atoms with van der Waals surface area (Å²) in [6, 6.07) is 4.73. The summed E-state index contributed by atoms with van der Waals surface area (Å²) in [6.07, 6.45) is 8.30. The average Bonchev–Trinajstić information content (AvgIpc) is 3.13. The molecule has 0 amide bonds. The van der Waals surface area contributed by atoms with E-state index in [-0.39, 0.29) is 5.75 Å². The van der Waals surface area contributed by atoms with Crippen molar-refractivity contribution in [2.75, 3.05) is 13.7 Å². The topological polar surface area (TPSA) is 32.7 Å². The van der Waals surface area contributed by atoms with Crippen molar-refractivity contribution in [2.24, 2.45) is 5.92 Å². The van der Waals surface area contributed by atoms with E-state index in [0.29, 0.717) is 10.2 Å². The lowest BCUT2D eigenvalue weighted by atomic mass is 9.96. The maximum absolute atomic E-state index is 9.92. The average molecular weight is 354 g/mol. The maximum Gasteiger partial charge on any atom is 0.172 e. The van der Waals surface area contributed by atoms with E-state index in [1.54, 1.807) is 7.11 Å². The van der Waals surface area contributed by atoms with Crippen molar-refractivity contribution < 1.29 is 9.84 Å². The van der Waals surface area contributed by atoms with Crippen LogP contribution in [0.15, 0.2) is 16.6 Å². The van der Waals surface area contributed by atoms with Gasteiger partial charge in [0.1, 0.15) is 0 Å². The third kappa shape index (κ3) is 3.21. The van der Waals surface area contributed by atoms with E-state index in [9.17, 15) is 5.11 Å². The molecule has 2 fully saturated rings. The van der Waals surface area contributed by atoms with Crippen LogP contribution in [0.25, 0.3) is 0 Å². The predicted octanol–water partition coefficient (Wildman–Crippen LogP) is 4.32. The summed E-state index contributed by atoms with van der Waals surface area (Å²) in [5, 5.41) is 9.92. The second kappa shape index (κ2) is 6.57. The molecule has 1 aliphatic carbocycles. The van der Waals surface area contributed by atoms with Crippen molar-refractivity contribution in [3.05, 3.63) is 22.2 Å². The predicted molar refractivity (Wildman–Crippen MR) is 87.7 cm³/mol. The van der Waals surface area contributed by atoms with E-state index >= 15 is 0 Å². The van der Waals surface area contributed by atoms with Crippen LogP contribution in [0.2, 0.25) is 0 Å². The number of phenolic OH excluding ortho intramolecular Hbond substituents is 1. The summed E-state index contributed by atoms with van der Waals surface area (Å²) in [7, 11) is 1.60. The molecule has 2 aliphatic rings. The van der Waals surface area contributed by atoms with Crippen LogP contribution in [0.1, 0.15) is 44.1 Å². The number of likely N-dealkylation sites (tertiary alicyclic amines) is 1. The van der Waals surface area contributed by atoms with E-state index in [2.05, 4.69) is 20.8 Å². The van der Waals surface area contributed by atoms with Gasteiger partial charge in [0.25, 0.3) is 0 Å². The van der Waals surface area contributed by atoms with Crippen LogP contribution in [-0.2, 0) is 6.54 Å². The maximum atomic E-state index is 9.92. The van der Waals surface area contributed by atoms with Gasteiger partial charge in [0.05, 0.1) is 11.6 Å². The van der Waals surface area contributed by atoms with Gasteiger partial charge in [-0.3, -0.25) is 4.90 Å². The standard InChI is InChI=1S/C17H24BrNO2/c1-21-16-10-12(9-14(18)17(16)20)11-19-8-4-7-15(19)13-5-2-3-6-13/h9-10,13,15,20H,2-8,11H2,1H3. The molecular weight excluding hydrogens is 330 g/mol. The van der Waals surface area contributed by atoms with Crippen LogP contribution in [0.4, 0.5) is 0 Å². The summed E-state index contributed by atoms with van der Waals surface area (Å²) >= 11 is 3.42. The third-order valence-electron chi connectivity index (χ3n) is 5.05. The molecule has 0 aromatic heterocycles. The highest BCUT2D eigenvalue weighted by atomic mass is 79.9. The van der Waals surface area contributed by atoms with Gasteiger partial charge in [0.2, 0.25) is 0 Å². The lowest BCUT2D eigenvalue weighted by molar-refractivity contribution is 0.183. The Morgan fingerprint density at radius 2 is 2.00 bits per heavy atom. The molecule has 3 rings (SSSR count). The smallest absolute Gasteiger partial charge is 0.172 e. The van der Waals surface area contributed by atoms with Gasteiger partial charge in [-0.25, -0.2) is 0 Å². The van der Waals surface area contributed by atoms with E-state index < -0.39 is 0 Å². The second-order valence-electron chi connectivity index (χ2n) is 6.35. The van der Waals surface area contributed by atoms with Crippen molar-refractivity contribution in [1.82, 2.24) is 4.90 Å². The summed E-state index contributed by atoms with van der Waals surface area (Å²) < 4.78 is 5.98. The van der Waals surface area contributed by atoms with Gasteiger partial charge in [-0.1, -0.05) is 12.8 Å². The normalized spacial score (nSPS) is 23.8. The Morgan fingerprint density at radius 3 is 2.71 bits per heavy atom. The van der Waals surface area contributed by atoms with Gasteiger partial charge in [0.15, 0.2) is 11.5 Å². The molecular formula is C17H24BrNO2. The lowest BCUT2D eigenvalue weighted by Gasteiger charge is -2.29. The van der Waals surface area contributed by atoms with Gasteiger partial charge in [0, 0.05) is 12.6 Å². The first-order valence-electron chi connectivity index (χ1n) is 7.98. The van der Waals surface area contributed by atoms with Crippen LogP contribution in [0, 0.1) is 5.92 Å². The monoisotopic (exact) mass is 353 g/mol. The lowest BCUT2D eigenvalue weighted by Crippen LogP contribution is -2.34. The molecule has 1 saturated heterocycles. The molecule has 116 valence electrons. The molecule has 1 saturated carbocycles. The van der Waals surface area contributed by atoms with Crippen LogP contribution < -0.4 is 4.74 Å². The number of methoxy groups -OCH3 is 1. The molecule has 0 radical (unpaired) electrons. The Hall–Kier alpha value is -0.740. The summed E-state index contributed by atoms with van der Waals surface area (Å²) in [6.45, 7) is 2.15.